The first-order chi connectivity index (χ1) is 10.4. The van der Waals surface area contributed by atoms with Gasteiger partial charge in [0.2, 0.25) is 10.0 Å². The average Bonchev–Trinajstić information content (AvgIpc) is 2.45. The molecule has 7 heteroatoms. The topological polar surface area (TPSA) is 49.4 Å². The van der Waals surface area contributed by atoms with Crippen molar-refractivity contribution >= 4 is 10.0 Å². The molecule has 4 nitrogen and oxygen atoms in total. The molecule has 22 heavy (non-hydrogen) atoms. The molecule has 1 heterocycles. The van der Waals surface area contributed by atoms with E-state index in [9.17, 15) is 17.2 Å². The van der Waals surface area contributed by atoms with Gasteiger partial charge in [-0.05, 0) is 56.9 Å². The predicted molar refractivity (Wildman–Crippen MR) is 81.0 cm³/mol. The Balaban J connectivity index is 1.83. The third kappa shape index (κ3) is 4.47. The summed E-state index contributed by atoms with van der Waals surface area (Å²) in [5.41, 5.74) is 0. The third-order valence-electron chi connectivity index (χ3n) is 4.01. The highest BCUT2D eigenvalue weighted by Gasteiger charge is 2.23. The van der Waals surface area contributed by atoms with Gasteiger partial charge in [-0.2, -0.15) is 0 Å². The molecule has 0 radical (unpaired) electrons. The van der Waals surface area contributed by atoms with E-state index in [4.69, 9.17) is 0 Å². The first kappa shape index (κ1) is 17.3. The fraction of sp³-hybridized carbons (Fsp3) is 0.600. The second-order valence-electron chi connectivity index (χ2n) is 5.83. The molecule has 0 amide bonds. The monoisotopic (exact) mass is 332 g/mol. The first-order valence-electron chi connectivity index (χ1n) is 7.56. The molecule has 124 valence electrons. The fourth-order valence-corrected chi connectivity index (χ4v) is 3.81. The zero-order valence-corrected chi connectivity index (χ0v) is 13.5. The van der Waals surface area contributed by atoms with Gasteiger partial charge in [0, 0.05) is 6.54 Å². The molecule has 0 unspecified atom stereocenters. The molecule has 1 fully saturated rings. The Bertz CT molecular complexity index is 579. The van der Waals surface area contributed by atoms with Crippen molar-refractivity contribution in [3.05, 3.63) is 29.8 Å². The van der Waals surface area contributed by atoms with Crippen molar-refractivity contribution in [3.63, 3.8) is 0 Å². The second-order valence-corrected chi connectivity index (χ2v) is 7.53. The summed E-state index contributed by atoms with van der Waals surface area (Å²) in [5.74, 6) is -1.39. The van der Waals surface area contributed by atoms with Crippen LogP contribution in [0.2, 0.25) is 0 Å². The lowest BCUT2D eigenvalue weighted by molar-refractivity contribution is 0.191. The standard InChI is InChI=1S/C15H22F2N2O2S/c1-12-6-10-19(11-7-12)9-3-8-18-22(20,21)15-13(16)4-2-5-14(15)17/h2,4-5,12,18H,3,6-11H2,1H3. The summed E-state index contributed by atoms with van der Waals surface area (Å²) in [6, 6.07) is 3.01. The predicted octanol–water partition coefficient (Wildman–Crippen LogP) is 2.37. The maximum absolute atomic E-state index is 13.5. The van der Waals surface area contributed by atoms with Crippen LogP contribution in [0.15, 0.2) is 23.1 Å². The third-order valence-corrected chi connectivity index (χ3v) is 5.52. The number of piperidine rings is 1. The molecule has 1 saturated heterocycles. The van der Waals surface area contributed by atoms with Crippen LogP contribution in [-0.2, 0) is 10.0 Å². The highest BCUT2D eigenvalue weighted by atomic mass is 32.2. The van der Waals surface area contributed by atoms with E-state index in [2.05, 4.69) is 16.5 Å². The molecule has 0 atom stereocenters. The molecule has 1 N–H and O–H groups in total. The number of likely N-dealkylation sites (tertiary alicyclic amines) is 1. The quantitative estimate of drug-likeness (QED) is 0.814. The number of rotatable bonds is 6. The normalized spacial score (nSPS) is 17.8. The van der Waals surface area contributed by atoms with Gasteiger partial charge in [-0.3, -0.25) is 0 Å². The molecule has 0 aromatic heterocycles. The molecule has 0 aliphatic carbocycles. The van der Waals surface area contributed by atoms with E-state index in [1.165, 1.54) is 0 Å². The molecule has 1 aliphatic heterocycles. The maximum atomic E-state index is 13.5. The molecule has 1 aromatic carbocycles. The summed E-state index contributed by atoms with van der Waals surface area (Å²) < 4.78 is 53.2. The van der Waals surface area contributed by atoms with Crippen LogP contribution in [0.5, 0.6) is 0 Å². The van der Waals surface area contributed by atoms with Crippen LogP contribution in [0.25, 0.3) is 0 Å². The molecular weight excluding hydrogens is 310 g/mol. The van der Waals surface area contributed by atoms with Gasteiger partial charge >= 0.3 is 0 Å². The van der Waals surface area contributed by atoms with E-state index in [1.807, 2.05) is 0 Å². The van der Waals surface area contributed by atoms with Crippen molar-refractivity contribution in [2.45, 2.75) is 31.1 Å². The lowest BCUT2D eigenvalue weighted by Crippen LogP contribution is -2.35. The van der Waals surface area contributed by atoms with Crippen molar-refractivity contribution in [2.75, 3.05) is 26.2 Å². The van der Waals surface area contributed by atoms with Gasteiger partial charge in [0.1, 0.15) is 11.6 Å². The SMILES string of the molecule is CC1CCN(CCCNS(=O)(=O)c2c(F)cccc2F)CC1. The summed E-state index contributed by atoms with van der Waals surface area (Å²) in [6.07, 6.45) is 2.93. The minimum absolute atomic E-state index is 0.169. The molecular formula is C15H22F2N2O2S. The van der Waals surface area contributed by atoms with Crippen molar-refractivity contribution in [2.24, 2.45) is 5.92 Å². The lowest BCUT2D eigenvalue weighted by Gasteiger charge is -2.30. The largest absolute Gasteiger partial charge is 0.303 e. The van der Waals surface area contributed by atoms with Crippen molar-refractivity contribution in [1.29, 1.82) is 0 Å². The summed E-state index contributed by atoms with van der Waals surface area (Å²) in [5, 5.41) is 0. The van der Waals surface area contributed by atoms with Crippen LogP contribution in [-0.4, -0.2) is 39.5 Å². The number of halogens is 2. The molecule has 1 aromatic rings. The zero-order valence-electron chi connectivity index (χ0n) is 12.7. The van der Waals surface area contributed by atoms with Gasteiger partial charge in [-0.25, -0.2) is 21.9 Å². The maximum Gasteiger partial charge on any atom is 0.246 e. The Morgan fingerprint density at radius 2 is 1.82 bits per heavy atom. The summed E-state index contributed by atoms with van der Waals surface area (Å²) in [4.78, 5) is 1.39. The molecule has 2 rings (SSSR count). The number of nitrogens with one attached hydrogen (secondary N) is 1. The van der Waals surface area contributed by atoms with Crippen molar-refractivity contribution < 1.29 is 17.2 Å². The summed E-state index contributed by atoms with van der Waals surface area (Å²) in [7, 11) is -4.15. The number of sulfonamides is 1. The van der Waals surface area contributed by atoms with E-state index < -0.39 is 26.6 Å². The van der Waals surface area contributed by atoms with Gasteiger partial charge in [0.25, 0.3) is 0 Å². The van der Waals surface area contributed by atoms with E-state index in [-0.39, 0.29) is 6.54 Å². The van der Waals surface area contributed by atoms with E-state index in [0.717, 1.165) is 56.6 Å². The Kier molecular flexibility index (Phi) is 5.88. The van der Waals surface area contributed by atoms with Crippen LogP contribution in [0.1, 0.15) is 26.2 Å². The van der Waals surface area contributed by atoms with Crippen LogP contribution < -0.4 is 4.72 Å². The van der Waals surface area contributed by atoms with Gasteiger partial charge in [-0.1, -0.05) is 13.0 Å². The number of hydrogen-bond donors (Lipinski definition) is 1. The molecule has 0 bridgehead atoms. The second kappa shape index (κ2) is 7.48. The lowest BCUT2D eigenvalue weighted by atomic mass is 9.99. The van der Waals surface area contributed by atoms with Gasteiger partial charge < -0.3 is 4.90 Å². The fourth-order valence-electron chi connectivity index (χ4n) is 2.61. The van der Waals surface area contributed by atoms with Crippen LogP contribution in [0.3, 0.4) is 0 Å². The Morgan fingerprint density at radius 3 is 2.41 bits per heavy atom. The van der Waals surface area contributed by atoms with Crippen LogP contribution in [0.4, 0.5) is 8.78 Å². The number of benzene rings is 1. The van der Waals surface area contributed by atoms with Gasteiger partial charge in [0.05, 0.1) is 0 Å². The Hall–Kier alpha value is -1.05. The highest BCUT2D eigenvalue weighted by molar-refractivity contribution is 7.89. The Morgan fingerprint density at radius 1 is 1.23 bits per heavy atom. The molecule has 0 saturated carbocycles. The smallest absolute Gasteiger partial charge is 0.246 e. The van der Waals surface area contributed by atoms with Crippen molar-refractivity contribution in [1.82, 2.24) is 9.62 Å². The minimum Gasteiger partial charge on any atom is -0.303 e. The highest BCUT2D eigenvalue weighted by Crippen LogP contribution is 2.18. The molecule has 0 spiro atoms. The van der Waals surface area contributed by atoms with Crippen molar-refractivity contribution in [3.8, 4) is 0 Å². The summed E-state index contributed by atoms with van der Waals surface area (Å²) >= 11 is 0. The minimum atomic E-state index is -4.15. The van der Waals surface area contributed by atoms with E-state index in [0.29, 0.717) is 6.42 Å². The van der Waals surface area contributed by atoms with E-state index in [1.54, 1.807) is 0 Å². The first-order valence-corrected chi connectivity index (χ1v) is 9.04. The van der Waals surface area contributed by atoms with Gasteiger partial charge in [0.15, 0.2) is 4.90 Å². The summed E-state index contributed by atoms with van der Waals surface area (Å²) in [6.45, 7) is 5.23. The number of hydrogen-bond acceptors (Lipinski definition) is 3. The molecule has 1 aliphatic rings. The van der Waals surface area contributed by atoms with E-state index >= 15 is 0 Å². The van der Waals surface area contributed by atoms with Crippen LogP contribution >= 0.6 is 0 Å². The van der Waals surface area contributed by atoms with Gasteiger partial charge in [-0.15, -0.1) is 0 Å². The zero-order chi connectivity index (χ0) is 16.2. The number of nitrogens with zero attached hydrogens (tertiary/aromatic N) is 1. The van der Waals surface area contributed by atoms with Crippen LogP contribution in [0, 0.1) is 17.6 Å². The average molecular weight is 332 g/mol. The Labute approximate surface area is 130 Å².